The van der Waals surface area contributed by atoms with Crippen molar-refractivity contribution in [3.63, 3.8) is 0 Å². The van der Waals surface area contributed by atoms with E-state index in [-0.39, 0.29) is 12.4 Å². The first kappa shape index (κ1) is 13.3. The molecule has 0 radical (unpaired) electrons. The van der Waals surface area contributed by atoms with E-state index in [9.17, 15) is 4.39 Å². The van der Waals surface area contributed by atoms with Gasteiger partial charge in [-0.1, -0.05) is 6.07 Å². The molecule has 4 nitrogen and oxygen atoms in total. The molecule has 1 heterocycles. The largest absolute Gasteiger partial charge is 0.436 e. The van der Waals surface area contributed by atoms with Crippen LogP contribution in [-0.2, 0) is 6.54 Å². The number of hydrogen-bond donors (Lipinski definition) is 1. The summed E-state index contributed by atoms with van der Waals surface area (Å²) in [6, 6.07) is 8.89. The molecule has 1 aromatic heterocycles. The fraction of sp³-hybridized carbons (Fsp3) is 0.214. The summed E-state index contributed by atoms with van der Waals surface area (Å²) in [5.41, 5.74) is 6.80. The zero-order chi connectivity index (χ0) is 13.8. The highest BCUT2D eigenvalue weighted by Gasteiger charge is 2.11. The third-order valence-corrected chi connectivity index (χ3v) is 2.71. The number of aromatic nitrogens is 1. The molecule has 2 N–H and O–H groups in total. The minimum atomic E-state index is -0.514. The zero-order valence-electron chi connectivity index (χ0n) is 10.9. The number of halogens is 1. The second-order valence-corrected chi connectivity index (χ2v) is 4.29. The van der Waals surface area contributed by atoms with E-state index in [2.05, 4.69) is 4.98 Å². The number of nitrogens with two attached hydrogens (primary N) is 1. The third-order valence-electron chi connectivity index (χ3n) is 2.71. The van der Waals surface area contributed by atoms with Crippen LogP contribution in [0.1, 0.15) is 5.56 Å². The highest BCUT2D eigenvalue weighted by molar-refractivity contribution is 5.50. The van der Waals surface area contributed by atoms with Gasteiger partial charge in [0.05, 0.1) is 0 Å². The minimum absolute atomic E-state index is 0.0566. The van der Waals surface area contributed by atoms with Crippen molar-refractivity contribution in [3.05, 3.63) is 47.9 Å². The maximum Gasteiger partial charge on any atom is 0.256 e. The molecular weight excluding hydrogens is 245 g/mol. The Kier molecular flexibility index (Phi) is 3.97. The van der Waals surface area contributed by atoms with Gasteiger partial charge in [0.2, 0.25) is 0 Å². The average molecular weight is 261 g/mol. The van der Waals surface area contributed by atoms with Crippen LogP contribution in [0.2, 0.25) is 0 Å². The predicted octanol–water partition coefficient (Wildman–Crippen LogP) is 2.54. The van der Waals surface area contributed by atoms with Crippen molar-refractivity contribution >= 4 is 5.69 Å². The standard InChI is InChI=1S/C14H16FN3O/c1-18(2)11-4-3-5-12(8-11)19-14-13(15)10(9-16)6-7-17-14/h3-8H,9,16H2,1-2H3. The second kappa shape index (κ2) is 5.67. The maximum atomic E-state index is 13.9. The Bertz CT molecular complexity index is 572. The van der Waals surface area contributed by atoms with E-state index in [4.69, 9.17) is 10.5 Å². The average Bonchev–Trinajstić information content (AvgIpc) is 2.41. The van der Waals surface area contributed by atoms with Gasteiger partial charge < -0.3 is 15.4 Å². The van der Waals surface area contributed by atoms with Crippen LogP contribution >= 0.6 is 0 Å². The van der Waals surface area contributed by atoms with Crippen LogP contribution in [0.15, 0.2) is 36.5 Å². The van der Waals surface area contributed by atoms with Gasteiger partial charge in [0.15, 0.2) is 5.82 Å². The molecule has 2 rings (SSSR count). The van der Waals surface area contributed by atoms with Crippen LogP contribution in [0.5, 0.6) is 11.6 Å². The first-order chi connectivity index (χ1) is 9.11. The quantitative estimate of drug-likeness (QED) is 0.919. The smallest absolute Gasteiger partial charge is 0.256 e. The van der Waals surface area contributed by atoms with Gasteiger partial charge >= 0.3 is 0 Å². The third kappa shape index (κ3) is 3.00. The molecule has 0 bridgehead atoms. The molecule has 0 amide bonds. The molecule has 0 aliphatic heterocycles. The first-order valence-electron chi connectivity index (χ1n) is 5.90. The molecule has 2 aromatic rings. The van der Waals surface area contributed by atoms with Gasteiger partial charge in [-0.05, 0) is 18.2 Å². The summed E-state index contributed by atoms with van der Waals surface area (Å²) in [7, 11) is 3.85. The van der Waals surface area contributed by atoms with E-state index in [1.54, 1.807) is 12.1 Å². The molecule has 100 valence electrons. The number of benzene rings is 1. The van der Waals surface area contributed by atoms with Crippen LogP contribution in [0.4, 0.5) is 10.1 Å². The summed E-state index contributed by atoms with van der Waals surface area (Å²) in [5, 5.41) is 0. The number of anilines is 1. The molecule has 0 saturated carbocycles. The van der Waals surface area contributed by atoms with Crippen LogP contribution in [0.3, 0.4) is 0 Å². The summed E-state index contributed by atoms with van der Waals surface area (Å²) >= 11 is 0. The highest BCUT2D eigenvalue weighted by Crippen LogP contribution is 2.26. The van der Waals surface area contributed by atoms with Gasteiger partial charge in [0.1, 0.15) is 5.75 Å². The molecule has 0 unspecified atom stereocenters. The Balaban J connectivity index is 2.28. The van der Waals surface area contributed by atoms with Crippen LogP contribution in [0, 0.1) is 5.82 Å². The summed E-state index contributed by atoms with van der Waals surface area (Å²) in [4.78, 5) is 5.83. The Morgan fingerprint density at radius 1 is 1.32 bits per heavy atom. The monoisotopic (exact) mass is 261 g/mol. The lowest BCUT2D eigenvalue weighted by Gasteiger charge is -2.14. The van der Waals surface area contributed by atoms with E-state index in [0.29, 0.717) is 11.3 Å². The summed E-state index contributed by atoms with van der Waals surface area (Å²) < 4.78 is 19.4. The van der Waals surface area contributed by atoms with Crippen LogP contribution in [0.25, 0.3) is 0 Å². The number of ether oxygens (including phenoxy) is 1. The van der Waals surface area contributed by atoms with Gasteiger partial charge in [0, 0.05) is 44.2 Å². The minimum Gasteiger partial charge on any atom is -0.436 e. The normalized spacial score (nSPS) is 10.3. The van der Waals surface area contributed by atoms with E-state index < -0.39 is 5.82 Å². The molecule has 0 spiro atoms. The molecule has 0 aliphatic carbocycles. The van der Waals surface area contributed by atoms with Crippen molar-refractivity contribution in [2.24, 2.45) is 5.73 Å². The Morgan fingerprint density at radius 2 is 2.11 bits per heavy atom. The molecule has 0 fully saturated rings. The molecular formula is C14H16FN3O. The second-order valence-electron chi connectivity index (χ2n) is 4.29. The van der Waals surface area contributed by atoms with E-state index in [0.717, 1.165) is 5.69 Å². The number of rotatable bonds is 4. The first-order valence-corrected chi connectivity index (χ1v) is 5.90. The predicted molar refractivity (Wildman–Crippen MR) is 72.9 cm³/mol. The van der Waals surface area contributed by atoms with Gasteiger partial charge in [-0.15, -0.1) is 0 Å². The summed E-state index contributed by atoms with van der Waals surface area (Å²) in [5.74, 6) is -0.0362. The van der Waals surface area contributed by atoms with E-state index in [1.165, 1.54) is 6.20 Å². The van der Waals surface area contributed by atoms with Gasteiger partial charge in [-0.2, -0.15) is 0 Å². The lowest BCUT2D eigenvalue weighted by molar-refractivity contribution is 0.419. The fourth-order valence-electron chi connectivity index (χ4n) is 1.63. The zero-order valence-corrected chi connectivity index (χ0v) is 10.9. The van der Waals surface area contributed by atoms with Crippen molar-refractivity contribution in [2.45, 2.75) is 6.54 Å². The molecule has 0 saturated heterocycles. The van der Waals surface area contributed by atoms with Crippen molar-refractivity contribution in [3.8, 4) is 11.6 Å². The molecule has 5 heteroatoms. The molecule has 0 atom stereocenters. The topological polar surface area (TPSA) is 51.4 Å². The van der Waals surface area contributed by atoms with Crippen molar-refractivity contribution in [2.75, 3.05) is 19.0 Å². The Hall–Kier alpha value is -2.14. The summed E-state index contributed by atoms with van der Waals surface area (Å²) in [6.45, 7) is 0.114. The highest BCUT2D eigenvalue weighted by atomic mass is 19.1. The SMILES string of the molecule is CN(C)c1cccc(Oc2nccc(CN)c2F)c1. The molecule has 0 aliphatic rings. The summed E-state index contributed by atoms with van der Waals surface area (Å²) in [6.07, 6.45) is 1.48. The molecule has 19 heavy (non-hydrogen) atoms. The number of pyridine rings is 1. The van der Waals surface area contributed by atoms with E-state index >= 15 is 0 Å². The lowest BCUT2D eigenvalue weighted by atomic mass is 10.2. The van der Waals surface area contributed by atoms with Crippen LogP contribution < -0.4 is 15.4 Å². The number of nitrogens with zero attached hydrogens (tertiary/aromatic N) is 2. The van der Waals surface area contributed by atoms with Gasteiger partial charge in [-0.25, -0.2) is 9.37 Å². The van der Waals surface area contributed by atoms with Crippen LogP contribution in [-0.4, -0.2) is 19.1 Å². The van der Waals surface area contributed by atoms with E-state index in [1.807, 2.05) is 37.2 Å². The van der Waals surface area contributed by atoms with Crippen molar-refractivity contribution in [1.29, 1.82) is 0 Å². The Labute approximate surface area is 111 Å². The number of hydrogen-bond acceptors (Lipinski definition) is 4. The van der Waals surface area contributed by atoms with Crippen molar-refractivity contribution < 1.29 is 9.13 Å². The van der Waals surface area contributed by atoms with Gasteiger partial charge in [-0.3, -0.25) is 0 Å². The van der Waals surface area contributed by atoms with Crippen molar-refractivity contribution in [1.82, 2.24) is 4.98 Å². The lowest BCUT2D eigenvalue weighted by Crippen LogP contribution is -2.08. The Morgan fingerprint density at radius 3 is 2.79 bits per heavy atom. The maximum absolute atomic E-state index is 13.9. The molecule has 1 aromatic carbocycles. The fourth-order valence-corrected chi connectivity index (χ4v) is 1.63. The van der Waals surface area contributed by atoms with Gasteiger partial charge in [0.25, 0.3) is 5.88 Å².